The molecule has 0 fully saturated rings. The Morgan fingerprint density at radius 1 is 1.58 bits per heavy atom. The van der Waals surface area contributed by atoms with Crippen molar-refractivity contribution in [1.82, 2.24) is 4.57 Å². The second-order valence-corrected chi connectivity index (χ2v) is 2.55. The predicted octanol–water partition coefficient (Wildman–Crippen LogP) is 0.602. The molecule has 0 saturated carbocycles. The van der Waals surface area contributed by atoms with Crippen LogP contribution in [0.15, 0.2) is 17.1 Å². The highest BCUT2D eigenvalue weighted by Gasteiger charge is 2.10. The molecular formula is C7H8N2O3. The Kier molecular flexibility index (Phi) is 1.95. The number of nitro groups is 1. The third-order valence-corrected chi connectivity index (χ3v) is 1.60. The van der Waals surface area contributed by atoms with Crippen molar-refractivity contribution in [3.8, 4) is 0 Å². The molecule has 0 aliphatic heterocycles. The molecule has 1 heterocycles. The van der Waals surface area contributed by atoms with Crippen LogP contribution < -0.4 is 5.56 Å². The number of aromatic nitrogens is 1. The Balaban J connectivity index is 3.43. The minimum absolute atomic E-state index is 0.0305. The van der Waals surface area contributed by atoms with E-state index in [0.717, 1.165) is 0 Å². The van der Waals surface area contributed by atoms with Gasteiger partial charge in [-0.1, -0.05) is 0 Å². The van der Waals surface area contributed by atoms with Gasteiger partial charge in [-0.25, -0.2) is 0 Å². The van der Waals surface area contributed by atoms with Gasteiger partial charge < -0.3 is 4.57 Å². The van der Waals surface area contributed by atoms with Crippen LogP contribution in [0.1, 0.15) is 5.56 Å². The van der Waals surface area contributed by atoms with Crippen molar-refractivity contribution in [3.63, 3.8) is 0 Å². The summed E-state index contributed by atoms with van der Waals surface area (Å²) in [5.41, 5.74) is 0.123. The first-order chi connectivity index (χ1) is 5.52. The van der Waals surface area contributed by atoms with Crippen molar-refractivity contribution < 1.29 is 4.92 Å². The smallest absolute Gasteiger partial charge is 0.288 e. The minimum Gasteiger partial charge on any atom is -0.312 e. The number of hydrogen-bond acceptors (Lipinski definition) is 3. The molecule has 0 saturated heterocycles. The molecule has 0 radical (unpaired) electrons. The summed E-state index contributed by atoms with van der Waals surface area (Å²) >= 11 is 0. The van der Waals surface area contributed by atoms with Crippen molar-refractivity contribution in [2.75, 3.05) is 0 Å². The first-order valence-corrected chi connectivity index (χ1v) is 3.34. The minimum atomic E-state index is -0.505. The molecule has 0 aliphatic carbocycles. The number of aryl methyl sites for hydroxylation is 2. The second kappa shape index (κ2) is 2.77. The molecule has 0 aromatic carbocycles. The van der Waals surface area contributed by atoms with Crippen molar-refractivity contribution in [2.45, 2.75) is 6.92 Å². The van der Waals surface area contributed by atoms with E-state index in [4.69, 9.17) is 0 Å². The van der Waals surface area contributed by atoms with Gasteiger partial charge in [-0.15, -0.1) is 0 Å². The monoisotopic (exact) mass is 168 g/mol. The predicted molar refractivity (Wildman–Crippen MR) is 43.1 cm³/mol. The number of nitrogens with zero attached hydrogens (tertiary/aromatic N) is 2. The topological polar surface area (TPSA) is 65.1 Å². The van der Waals surface area contributed by atoms with Crippen LogP contribution in [-0.2, 0) is 7.05 Å². The van der Waals surface area contributed by atoms with E-state index < -0.39 is 4.92 Å². The summed E-state index contributed by atoms with van der Waals surface area (Å²) in [6.07, 6.45) is 1.22. The van der Waals surface area contributed by atoms with Crippen molar-refractivity contribution in [2.24, 2.45) is 7.05 Å². The Hall–Kier alpha value is -1.65. The van der Waals surface area contributed by atoms with Crippen LogP contribution in [0.4, 0.5) is 5.69 Å². The maximum Gasteiger partial charge on any atom is 0.288 e. The van der Waals surface area contributed by atoms with Gasteiger partial charge in [0.05, 0.1) is 11.1 Å². The molecule has 0 atom stereocenters. The van der Waals surface area contributed by atoms with Crippen LogP contribution in [-0.4, -0.2) is 9.49 Å². The fraction of sp³-hybridized carbons (Fsp3) is 0.286. The largest absolute Gasteiger partial charge is 0.312 e. The van der Waals surface area contributed by atoms with Crippen LogP contribution in [0, 0.1) is 17.0 Å². The summed E-state index contributed by atoms with van der Waals surface area (Å²) in [5.74, 6) is 0. The average molecular weight is 168 g/mol. The quantitative estimate of drug-likeness (QED) is 0.455. The summed E-state index contributed by atoms with van der Waals surface area (Å²) in [7, 11) is 1.48. The van der Waals surface area contributed by atoms with Gasteiger partial charge in [0.2, 0.25) is 0 Å². The molecule has 0 amide bonds. The van der Waals surface area contributed by atoms with Crippen LogP contribution in [0.25, 0.3) is 0 Å². The highest BCUT2D eigenvalue weighted by Crippen LogP contribution is 2.12. The maximum atomic E-state index is 11.0. The van der Waals surface area contributed by atoms with E-state index in [9.17, 15) is 14.9 Å². The first-order valence-electron chi connectivity index (χ1n) is 3.34. The maximum absolute atomic E-state index is 11.0. The number of hydrogen-bond donors (Lipinski definition) is 0. The molecule has 0 N–H and O–H groups in total. The molecule has 0 unspecified atom stereocenters. The van der Waals surface area contributed by atoms with Gasteiger partial charge >= 0.3 is 0 Å². The molecule has 1 aromatic heterocycles. The zero-order chi connectivity index (χ0) is 9.30. The summed E-state index contributed by atoms with van der Waals surface area (Å²) in [5, 5.41) is 10.4. The first kappa shape index (κ1) is 8.45. The fourth-order valence-corrected chi connectivity index (χ4v) is 0.901. The lowest BCUT2D eigenvalue weighted by molar-refractivity contribution is -0.385. The Morgan fingerprint density at radius 3 is 2.67 bits per heavy atom. The van der Waals surface area contributed by atoms with Gasteiger partial charge in [-0.05, 0) is 6.92 Å². The zero-order valence-corrected chi connectivity index (χ0v) is 6.77. The molecule has 1 rings (SSSR count). The van der Waals surface area contributed by atoms with Gasteiger partial charge in [0.15, 0.2) is 0 Å². The molecule has 12 heavy (non-hydrogen) atoms. The molecule has 0 aliphatic rings. The molecule has 5 heteroatoms. The lowest BCUT2D eigenvalue weighted by atomic mass is 10.2. The van der Waals surface area contributed by atoms with Gasteiger partial charge in [-0.2, -0.15) is 0 Å². The van der Waals surface area contributed by atoms with Crippen molar-refractivity contribution >= 4 is 5.69 Å². The number of rotatable bonds is 1. The molecule has 0 bridgehead atoms. The van der Waals surface area contributed by atoms with Crippen molar-refractivity contribution in [3.05, 3.63) is 38.3 Å². The van der Waals surface area contributed by atoms with E-state index >= 15 is 0 Å². The molecular weight excluding hydrogens is 160 g/mol. The van der Waals surface area contributed by atoms with E-state index in [1.54, 1.807) is 6.92 Å². The van der Waals surface area contributed by atoms with Gasteiger partial charge in [0.1, 0.15) is 0 Å². The Morgan fingerprint density at radius 2 is 2.17 bits per heavy atom. The van der Waals surface area contributed by atoms with E-state index in [1.165, 1.54) is 23.9 Å². The lowest BCUT2D eigenvalue weighted by Gasteiger charge is -1.98. The Bertz CT molecular complexity index is 381. The summed E-state index contributed by atoms with van der Waals surface area (Å²) in [6, 6.07) is 1.25. The highest BCUT2D eigenvalue weighted by atomic mass is 16.6. The van der Waals surface area contributed by atoms with Crippen LogP contribution in [0.3, 0.4) is 0 Å². The van der Waals surface area contributed by atoms with E-state index in [-0.39, 0.29) is 11.2 Å². The van der Waals surface area contributed by atoms with E-state index in [2.05, 4.69) is 0 Å². The summed E-state index contributed by atoms with van der Waals surface area (Å²) in [4.78, 5) is 20.8. The molecule has 5 nitrogen and oxygen atoms in total. The normalized spacial score (nSPS) is 9.83. The fourth-order valence-electron chi connectivity index (χ4n) is 0.901. The zero-order valence-electron chi connectivity index (χ0n) is 6.77. The third kappa shape index (κ3) is 1.34. The average Bonchev–Trinajstić information content (AvgIpc) is 1.96. The van der Waals surface area contributed by atoms with E-state index in [1.807, 2.05) is 0 Å². The van der Waals surface area contributed by atoms with Crippen molar-refractivity contribution in [1.29, 1.82) is 0 Å². The van der Waals surface area contributed by atoms with E-state index in [0.29, 0.717) is 5.56 Å². The van der Waals surface area contributed by atoms with Crippen LogP contribution >= 0.6 is 0 Å². The second-order valence-electron chi connectivity index (χ2n) is 2.55. The van der Waals surface area contributed by atoms with Crippen LogP contribution in [0.5, 0.6) is 0 Å². The van der Waals surface area contributed by atoms with Gasteiger partial charge in [0.25, 0.3) is 11.2 Å². The Labute approximate surface area is 68.4 Å². The molecule has 0 spiro atoms. The molecule has 1 aromatic rings. The lowest BCUT2D eigenvalue weighted by Crippen LogP contribution is -2.16. The van der Waals surface area contributed by atoms with Gasteiger partial charge in [-0.3, -0.25) is 14.9 Å². The highest BCUT2D eigenvalue weighted by molar-refractivity contribution is 5.35. The van der Waals surface area contributed by atoms with Gasteiger partial charge in [0, 0.05) is 18.7 Å². The third-order valence-electron chi connectivity index (χ3n) is 1.60. The summed E-state index contributed by atoms with van der Waals surface area (Å²) in [6.45, 7) is 1.54. The number of pyridine rings is 1. The SMILES string of the molecule is Cc1cc(=O)n(C)cc1[N+](=O)[O-]. The standard InChI is InChI=1S/C7H8N2O3/c1-5-3-7(10)8(2)4-6(5)9(11)12/h3-4H,1-2H3. The molecule has 64 valence electrons. The van der Waals surface area contributed by atoms with Crippen LogP contribution in [0.2, 0.25) is 0 Å². The summed E-state index contributed by atoms with van der Waals surface area (Å²) < 4.78 is 1.19.